The number of hydrogen-bond acceptors (Lipinski definition) is 3. The summed E-state index contributed by atoms with van der Waals surface area (Å²) in [7, 11) is 0. The lowest BCUT2D eigenvalue weighted by Gasteiger charge is -2.19. The first-order valence-corrected chi connectivity index (χ1v) is 6.27. The van der Waals surface area contributed by atoms with Crippen molar-refractivity contribution in [3.63, 3.8) is 0 Å². The largest absolute Gasteiger partial charge is 0.384 e. The molecule has 0 spiro atoms. The number of primary amides is 1. The van der Waals surface area contributed by atoms with Crippen molar-refractivity contribution < 1.29 is 14.7 Å². The van der Waals surface area contributed by atoms with Crippen LogP contribution in [0.25, 0.3) is 0 Å². The quantitative estimate of drug-likeness (QED) is 0.774. The molecule has 3 N–H and O–H groups in total. The number of likely N-dealkylation sites (N-methyl/N-ethyl adjacent to an activating group) is 1. The summed E-state index contributed by atoms with van der Waals surface area (Å²) in [5.74, 6) is 4.50. The van der Waals surface area contributed by atoms with Crippen LogP contribution < -0.4 is 5.73 Å². The summed E-state index contributed by atoms with van der Waals surface area (Å²) in [5.41, 5.74) is 7.11. The van der Waals surface area contributed by atoms with Gasteiger partial charge in [-0.25, -0.2) is 0 Å². The molecular formula is C15H18N2O3. The standard InChI is InChI=1S/C15H18N2O3/c1-3-17(10-14(16)19)15(20)13-8-11(2)7-12(9-13)5-4-6-18/h7-9,18H,3,6,10H2,1-2H3,(H2,16,19). The van der Waals surface area contributed by atoms with E-state index >= 15 is 0 Å². The summed E-state index contributed by atoms with van der Waals surface area (Å²) in [6.45, 7) is 3.68. The Morgan fingerprint density at radius 1 is 1.35 bits per heavy atom. The fourth-order valence-corrected chi connectivity index (χ4v) is 1.82. The number of carbonyl (C=O) groups is 2. The summed E-state index contributed by atoms with van der Waals surface area (Å²) in [6, 6.07) is 5.20. The van der Waals surface area contributed by atoms with Gasteiger partial charge >= 0.3 is 0 Å². The summed E-state index contributed by atoms with van der Waals surface area (Å²) in [6.07, 6.45) is 0. The van der Waals surface area contributed by atoms with E-state index in [1.807, 2.05) is 13.0 Å². The number of nitrogens with two attached hydrogens (primary N) is 1. The minimum atomic E-state index is -0.548. The van der Waals surface area contributed by atoms with Crippen LogP contribution in [0.2, 0.25) is 0 Å². The molecule has 5 heteroatoms. The first-order valence-electron chi connectivity index (χ1n) is 6.27. The topological polar surface area (TPSA) is 83.6 Å². The highest BCUT2D eigenvalue weighted by Gasteiger charge is 2.16. The molecule has 0 radical (unpaired) electrons. The number of aliphatic hydroxyl groups is 1. The lowest BCUT2D eigenvalue weighted by atomic mass is 10.1. The van der Waals surface area contributed by atoms with Crippen LogP contribution in [0.15, 0.2) is 18.2 Å². The van der Waals surface area contributed by atoms with Crippen LogP contribution in [-0.4, -0.2) is 41.5 Å². The van der Waals surface area contributed by atoms with Crippen LogP contribution in [0.3, 0.4) is 0 Å². The van der Waals surface area contributed by atoms with Gasteiger partial charge in [0.05, 0.1) is 6.54 Å². The van der Waals surface area contributed by atoms with Crippen molar-refractivity contribution in [1.29, 1.82) is 0 Å². The number of rotatable bonds is 4. The van der Waals surface area contributed by atoms with E-state index in [0.717, 1.165) is 5.56 Å². The molecule has 0 unspecified atom stereocenters. The van der Waals surface area contributed by atoms with E-state index in [0.29, 0.717) is 17.7 Å². The Morgan fingerprint density at radius 3 is 2.60 bits per heavy atom. The number of hydrogen-bond donors (Lipinski definition) is 2. The zero-order valence-electron chi connectivity index (χ0n) is 11.6. The molecule has 1 rings (SSSR count). The zero-order valence-corrected chi connectivity index (χ0v) is 11.6. The van der Waals surface area contributed by atoms with E-state index in [4.69, 9.17) is 10.8 Å². The van der Waals surface area contributed by atoms with Crippen molar-refractivity contribution in [3.8, 4) is 11.8 Å². The minimum Gasteiger partial charge on any atom is -0.384 e. The van der Waals surface area contributed by atoms with Crippen molar-refractivity contribution in [2.24, 2.45) is 5.73 Å². The highest BCUT2D eigenvalue weighted by Crippen LogP contribution is 2.11. The van der Waals surface area contributed by atoms with E-state index in [1.165, 1.54) is 4.90 Å². The molecule has 106 valence electrons. The average Bonchev–Trinajstić information content (AvgIpc) is 2.41. The number of benzene rings is 1. The monoisotopic (exact) mass is 274 g/mol. The number of nitrogens with zero attached hydrogens (tertiary/aromatic N) is 1. The maximum atomic E-state index is 12.3. The molecule has 2 amide bonds. The minimum absolute atomic E-state index is 0.110. The van der Waals surface area contributed by atoms with Gasteiger partial charge in [-0.2, -0.15) is 0 Å². The molecule has 0 saturated heterocycles. The highest BCUT2D eigenvalue weighted by atomic mass is 16.2. The van der Waals surface area contributed by atoms with Gasteiger partial charge in [0.1, 0.15) is 6.61 Å². The first kappa shape index (κ1) is 15.7. The molecule has 1 aromatic rings. The first-order chi connectivity index (χ1) is 9.47. The van der Waals surface area contributed by atoms with Gasteiger partial charge in [0.25, 0.3) is 5.91 Å². The van der Waals surface area contributed by atoms with E-state index < -0.39 is 5.91 Å². The molecule has 0 fully saturated rings. The SMILES string of the molecule is CCN(CC(N)=O)C(=O)c1cc(C)cc(C#CCO)c1. The van der Waals surface area contributed by atoms with Crippen LogP contribution in [-0.2, 0) is 4.79 Å². The number of aryl methyl sites for hydroxylation is 1. The third-order valence-electron chi connectivity index (χ3n) is 2.65. The van der Waals surface area contributed by atoms with Gasteiger partial charge in [0.2, 0.25) is 5.91 Å². The summed E-state index contributed by atoms with van der Waals surface area (Å²) < 4.78 is 0. The molecule has 0 aliphatic carbocycles. The van der Waals surface area contributed by atoms with Gasteiger partial charge < -0.3 is 15.7 Å². The molecule has 0 aliphatic rings. The lowest BCUT2D eigenvalue weighted by Crippen LogP contribution is -2.38. The molecular weight excluding hydrogens is 256 g/mol. The van der Waals surface area contributed by atoms with Gasteiger partial charge in [0.15, 0.2) is 0 Å². The van der Waals surface area contributed by atoms with E-state index in [9.17, 15) is 9.59 Å². The molecule has 1 aromatic carbocycles. The predicted octanol–water partition coefficient (Wildman–Crippen LogP) is 0.286. The highest BCUT2D eigenvalue weighted by molar-refractivity contribution is 5.96. The fourth-order valence-electron chi connectivity index (χ4n) is 1.82. The van der Waals surface area contributed by atoms with E-state index in [1.54, 1.807) is 19.1 Å². The molecule has 20 heavy (non-hydrogen) atoms. The van der Waals surface area contributed by atoms with Gasteiger partial charge in [-0.05, 0) is 37.6 Å². The fraction of sp³-hybridized carbons (Fsp3) is 0.333. The number of carbonyl (C=O) groups excluding carboxylic acids is 2. The smallest absolute Gasteiger partial charge is 0.254 e. The Labute approximate surface area is 118 Å². The van der Waals surface area contributed by atoms with Gasteiger partial charge in [-0.1, -0.05) is 11.8 Å². The van der Waals surface area contributed by atoms with Gasteiger partial charge in [-0.15, -0.1) is 0 Å². The second-order valence-electron chi connectivity index (χ2n) is 4.33. The molecule has 5 nitrogen and oxygen atoms in total. The Balaban J connectivity index is 3.08. The van der Waals surface area contributed by atoms with Crippen LogP contribution in [0, 0.1) is 18.8 Å². The summed E-state index contributed by atoms with van der Waals surface area (Å²) in [5, 5.41) is 8.70. The molecule has 0 aliphatic heterocycles. The molecule has 0 atom stereocenters. The normalized spacial score (nSPS) is 9.55. The van der Waals surface area contributed by atoms with Crippen LogP contribution in [0.1, 0.15) is 28.4 Å². The molecule has 0 bridgehead atoms. The number of amides is 2. The maximum Gasteiger partial charge on any atom is 0.254 e. The second-order valence-corrected chi connectivity index (χ2v) is 4.33. The van der Waals surface area contributed by atoms with Crippen molar-refractivity contribution >= 4 is 11.8 Å². The predicted molar refractivity (Wildman–Crippen MR) is 75.9 cm³/mol. The maximum absolute atomic E-state index is 12.3. The lowest BCUT2D eigenvalue weighted by molar-refractivity contribution is -0.118. The third kappa shape index (κ3) is 4.41. The van der Waals surface area contributed by atoms with Gasteiger partial charge in [0, 0.05) is 17.7 Å². The Morgan fingerprint density at radius 2 is 2.05 bits per heavy atom. The van der Waals surface area contributed by atoms with Crippen molar-refractivity contribution in [2.75, 3.05) is 19.7 Å². The van der Waals surface area contributed by atoms with Crippen molar-refractivity contribution in [1.82, 2.24) is 4.90 Å². The molecule has 0 aromatic heterocycles. The Hall–Kier alpha value is -2.32. The zero-order chi connectivity index (χ0) is 15.1. The Kier molecular flexibility index (Phi) is 5.75. The van der Waals surface area contributed by atoms with Crippen LogP contribution in [0.4, 0.5) is 0 Å². The Bertz CT molecular complexity index is 570. The second kappa shape index (κ2) is 7.31. The molecule has 0 saturated carbocycles. The van der Waals surface area contributed by atoms with Crippen LogP contribution in [0.5, 0.6) is 0 Å². The summed E-state index contributed by atoms with van der Waals surface area (Å²) in [4.78, 5) is 24.6. The van der Waals surface area contributed by atoms with Crippen molar-refractivity contribution in [3.05, 3.63) is 34.9 Å². The third-order valence-corrected chi connectivity index (χ3v) is 2.65. The average molecular weight is 274 g/mol. The summed E-state index contributed by atoms with van der Waals surface area (Å²) >= 11 is 0. The van der Waals surface area contributed by atoms with E-state index in [-0.39, 0.29) is 19.1 Å². The van der Waals surface area contributed by atoms with Crippen LogP contribution >= 0.6 is 0 Å². The number of aliphatic hydroxyl groups excluding tert-OH is 1. The van der Waals surface area contributed by atoms with Crippen molar-refractivity contribution in [2.45, 2.75) is 13.8 Å². The van der Waals surface area contributed by atoms with Gasteiger partial charge in [-0.3, -0.25) is 9.59 Å². The molecule has 0 heterocycles. The van der Waals surface area contributed by atoms with E-state index in [2.05, 4.69) is 11.8 Å².